The molecule has 0 saturated carbocycles. The summed E-state index contributed by atoms with van der Waals surface area (Å²) in [7, 11) is 0. The number of benzene rings is 1. The van der Waals surface area contributed by atoms with Gasteiger partial charge in [0, 0.05) is 10.9 Å². The average Bonchev–Trinajstić information content (AvgIpc) is 2.75. The lowest BCUT2D eigenvalue weighted by atomic mass is 10.0. The van der Waals surface area contributed by atoms with E-state index >= 15 is 0 Å². The minimum atomic E-state index is -0.222. The summed E-state index contributed by atoms with van der Waals surface area (Å²) in [5.74, 6) is 0. The fourth-order valence-electron chi connectivity index (χ4n) is 2.37. The van der Waals surface area contributed by atoms with Gasteiger partial charge in [-0.3, -0.25) is 4.90 Å². The van der Waals surface area contributed by atoms with Gasteiger partial charge in [0.05, 0.1) is 5.66 Å². The summed E-state index contributed by atoms with van der Waals surface area (Å²) in [6.45, 7) is 4.41. The van der Waals surface area contributed by atoms with Crippen LogP contribution in [-0.2, 0) is 6.42 Å². The number of nitrogens with zero attached hydrogens (tertiary/aromatic N) is 1. The molecule has 2 nitrogen and oxygen atoms in total. The molecule has 1 atom stereocenters. The first-order valence-corrected chi connectivity index (χ1v) is 6.66. The van der Waals surface area contributed by atoms with Crippen molar-refractivity contribution in [3.05, 3.63) is 34.3 Å². The summed E-state index contributed by atoms with van der Waals surface area (Å²) in [5.41, 5.74) is 7.50. The molecule has 1 aliphatic rings. The highest BCUT2D eigenvalue weighted by Crippen LogP contribution is 2.24. The van der Waals surface area contributed by atoms with Crippen LogP contribution >= 0.6 is 15.9 Å². The van der Waals surface area contributed by atoms with Crippen molar-refractivity contribution in [3.8, 4) is 0 Å². The Balaban J connectivity index is 2.10. The Morgan fingerprint density at radius 2 is 1.94 bits per heavy atom. The maximum Gasteiger partial charge on any atom is 0.0699 e. The van der Waals surface area contributed by atoms with Gasteiger partial charge in [-0.15, -0.1) is 0 Å². The maximum absolute atomic E-state index is 6.43. The number of hydrogen-bond acceptors (Lipinski definition) is 2. The van der Waals surface area contributed by atoms with Gasteiger partial charge < -0.3 is 5.73 Å². The lowest BCUT2D eigenvalue weighted by Gasteiger charge is -2.35. The first-order valence-electron chi connectivity index (χ1n) is 5.87. The molecule has 0 radical (unpaired) electrons. The minimum Gasteiger partial charge on any atom is -0.313 e. The monoisotopic (exact) mass is 282 g/mol. The van der Waals surface area contributed by atoms with Crippen molar-refractivity contribution < 1.29 is 0 Å². The second-order valence-electron chi connectivity index (χ2n) is 4.82. The summed E-state index contributed by atoms with van der Waals surface area (Å²) < 4.78 is 1.16. The molecule has 2 rings (SSSR count). The van der Waals surface area contributed by atoms with Crippen molar-refractivity contribution in [2.24, 2.45) is 5.73 Å². The number of likely N-dealkylation sites (tertiary alicyclic amines) is 1. The van der Waals surface area contributed by atoms with Crippen LogP contribution in [0.1, 0.15) is 25.3 Å². The molecule has 0 amide bonds. The molecule has 0 aliphatic carbocycles. The van der Waals surface area contributed by atoms with Crippen molar-refractivity contribution >= 4 is 15.9 Å². The largest absolute Gasteiger partial charge is 0.313 e. The van der Waals surface area contributed by atoms with E-state index in [4.69, 9.17) is 5.73 Å². The zero-order valence-corrected chi connectivity index (χ0v) is 11.3. The normalized spacial score (nSPS) is 20.9. The van der Waals surface area contributed by atoms with E-state index in [0.717, 1.165) is 24.0 Å². The van der Waals surface area contributed by atoms with E-state index < -0.39 is 0 Å². The molecule has 1 aliphatic heterocycles. The SMILES string of the molecule is CC(N)(Cc1ccccc1Br)N1CCCC1. The molecule has 1 saturated heterocycles. The first-order chi connectivity index (χ1) is 7.59. The zero-order valence-electron chi connectivity index (χ0n) is 9.75. The van der Waals surface area contributed by atoms with Crippen molar-refractivity contribution in [3.63, 3.8) is 0 Å². The molecule has 3 heteroatoms. The second kappa shape index (κ2) is 4.86. The molecule has 1 unspecified atom stereocenters. The Bertz CT molecular complexity index is 357. The Morgan fingerprint density at radius 3 is 2.56 bits per heavy atom. The van der Waals surface area contributed by atoms with E-state index in [1.54, 1.807) is 0 Å². The van der Waals surface area contributed by atoms with Crippen molar-refractivity contribution in [2.75, 3.05) is 13.1 Å². The van der Waals surface area contributed by atoms with Crippen molar-refractivity contribution in [1.29, 1.82) is 0 Å². The van der Waals surface area contributed by atoms with Crippen LogP contribution in [0.25, 0.3) is 0 Å². The lowest BCUT2D eigenvalue weighted by molar-refractivity contribution is 0.141. The molecule has 2 N–H and O–H groups in total. The van der Waals surface area contributed by atoms with Crippen LogP contribution in [0.5, 0.6) is 0 Å². The molecular weight excluding hydrogens is 264 g/mol. The molecule has 1 aromatic rings. The van der Waals surface area contributed by atoms with Gasteiger partial charge in [-0.25, -0.2) is 0 Å². The van der Waals surface area contributed by atoms with Gasteiger partial charge >= 0.3 is 0 Å². The molecule has 0 bridgehead atoms. The summed E-state index contributed by atoms with van der Waals surface area (Å²) in [6, 6.07) is 8.33. The summed E-state index contributed by atoms with van der Waals surface area (Å²) in [5, 5.41) is 0. The molecule has 1 heterocycles. The van der Waals surface area contributed by atoms with Crippen LogP contribution in [0.2, 0.25) is 0 Å². The standard InChI is InChI=1S/C13H19BrN2/c1-13(15,16-8-4-5-9-16)10-11-6-2-3-7-12(11)14/h2-3,6-7H,4-5,8-10,15H2,1H3. The van der Waals surface area contributed by atoms with Gasteiger partial charge in [-0.1, -0.05) is 34.1 Å². The highest BCUT2D eigenvalue weighted by molar-refractivity contribution is 9.10. The quantitative estimate of drug-likeness (QED) is 0.924. The predicted octanol–water partition coefficient (Wildman–Crippen LogP) is 2.76. The molecule has 1 aromatic carbocycles. The van der Waals surface area contributed by atoms with Crippen molar-refractivity contribution in [2.45, 2.75) is 31.8 Å². The van der Waals surface area contributed by atoms with E-state index in [2.05, 4.69) is 46.0 Å². The van der Waals surface area contributed by atoms with Crippen LogP contribution in [0.4, 0.5) is 0 Å². The molecule has 16 heavy (non-hydrogen) atoms. The maximum atomic E-state index is 6.43. The van der Waals surface area contributed by atoms with Gasteiger partial charge in [0.15, 0.2) is 0 Å². The fraction of sp³-hybridized carbons (Fsp3) is 0.538. The van der Waals surface area contributed by atoms with E-state index in [1.807, 2.05) is 6.07 Å². The van der Waals surface area contributed by atoms with Gasteiger partial charge in [0.1, 0.15) is 0 Å². The highest BCUT2D eigenvalue weighted by atomic mass is 79.9. The van der Waals surface area contributed by atoms with Crippen LogP contribution in [0.15, 0.2) is 28.7 Å². The van der Waals surface area contributed by atoms with Crippen LogP contribution in [0, 0.1) is 0 Å². The van der Waals surface area contributed by atoms with Crippen LogP contribution in [-0.4, -0.2) is 23.7 Å². The van der Waals surface area contributed by atoms with E-state index in [9.17, 15) is 0 Å². The van der Waals surface area contributed by atoms with Gasteiger partial charge in [-0.2, -0.15) is 0 Å². The molecule has 1 fully saturated rings. The molecule has 88 valence electrons. The first kappa shape index (κ1) is 12.1. The Morgan fingerprint density at radius 1 is 1.31 bits per heavy atom. The third-order valence-corrected chi connectivity index (χ3v) is 4.11. The van der Waals surface area contributed by atoms with Gasteiger partial charge in [-0.05, 0) is 44.5 Å². The fourth-order valence-corrected chi connectivity index (χ4v) is 2.79. The molecular formula is C13H19BrN2. The predicted molar refractivity (Wildman–Crippen MR) is 71.2 cm³/mol. The molecule has 0 spiro atoms. The summed E-state index contributed by atoms with van der Waals surface area (Å²) in [6.07, 6.45) is 3.46. The second-order valence-corrected chi connectivity index (χ2v) is 5.67. The Kier molecular flexibility index (Phi) is 3.67. The van der Waals surface area contributed by atoms with Crippen LogP contribution < -0.4 is 5.73 Å². The van der Waals surface area contributed by atoms with E-state index in [1.165, 1.54) is 18.4 Å². The van der Waals surface area contributed by atoms with E-state index in [0.29, 0.717) is 0 Å². The Labute approximate surface area is 106 Å². The van der Waals surface area contributed by atoms with Crippen molar-refractivity contribution in [1.82, 2.24) is 4.90 Å². The van der Waals surface area contributed by atoms with Gasteiger partial charge in [0.25, 0.3) is 0 Å². The highest BCUT2D eigenvalue weighted by Gasteiger charge is 2.30. The zero-order chi connectivity index (χ0) is 11.6. The third kappa shape index (κ3) is 2.65. The smallest absolute Gasteiger partial charge is 0.0699 e. The number of nitrogens with two attached hydrogens (primary N) is 1. The number of rotatable bonds is 3. The average molecular weight is 283 g/mol. The summed E-state index contributed by atoms with van der Waals surface area (Å²) >= 11 is 3.58. The number of halogens is 1. The summed E-state index contributed by atoms with van der Waals surface area (Å²) in [4.78, 5) is 2.40. The third-order valence-electron chi connectivity index (χ3n) is 3.33. The Hall–Kier alpha value is -0.380. The molecule has 0 aromatic heterocycles. The van der Waals surface area contributed by atoms with Gasteiger partial charge in [0.2, 0.25) is 0 Å². The lowest BCUT2D eigenvalue weighted by Crippen LogP contribution is -2.54. The minimum absolute atomic E-state index is 0.222. The van der Waals surface area contributed by atoms with E-state index in [-0.39, 0.29) is 5.66 Å². The topological polar surface area (TPSA) is 29.3 Å². The number of hydrogen-bond donors (Lipinski definition) is 1. The van der Waals surface area contributed by atoms with Crippen LogP contribution in [0.3, 0.4) is 0 Å².